The van der Waals surface area contributed by atoms with E-state index in [-0.39, 0.29) is 5.56 Å². The van der Waals surface area contributed by atoms with Crippen molar-refractivity contribution in [3.05, 3.63) is 67.0 Å². The molecule has 1 heterocycles. The minimum Gasteiger partial charge on any atom is -0.365 e. The predicted octanol–water partition coefficient (Wildman–Crippen LogP) is 2.75. The van der Waals surface area contributed by atoms with Crippen LogP contribution in [0.25, 0.3) is 0 Å². The standard InChI is InChI=1S/C15H13Cl2N3O2/c1-8-5-9(2)20(15(22)13(8)14(18)21)19-7-10-3-4-11(16)6-12(10)17/h3-7H,1-2H3,(H2,18,21). The quantitative estimate of drug-likeness (QED) is 0.874. The van der Waals surface area contributed by atoms with Crippen molar-refractivity contribution in [2.24, 2.45) is 10.8 Å². The number of hydrogen-bond acceptors (Lipinski definition) is 3. The Morgan fingerprint density at radius 3 is 2.55 bits per heavy atom. The number of carbonyl (C=O) groups excluding carboxylic acids is 1. The van der Waals surface area contributed by atoms with Gasteiger partial charge in [-0.2, -0.15) is 5.10 Å². The molecule has 114 valence electrons. The van der Waals surface area contributed by atoms with E-state index in [1.165, 1.54) is 6.21 Å². The van der Waals surface area contributed by atoms with Gasteiger partial charge in [-0.05, 0) is 37.6 Å². The summed E-state index contributed by atoms with van der Waals surface area (Å²) < 4.78 is 1.11. The molecule has 1 aromatic carbocycles. The Morgan fingerprint density at radius 2 is 1.95 bits per heavy atom. The maximum atomic E-state index is 12.3. The summed E-state index contributed by atoms with van der Waals surface area (Å²) in [6.45, 7) is 3.36. The van der Waals surface area contributed by atoms with E-state index < -0.39 is 11.5 Å². The molecule has 2 aromatic rings. The molecule has 0 bridgehead atoms. The molecule has 0 saturated carbocycles. The van der Waals surface area contributed by atoms with Crippen LogP contribution in [0.3, 0.4) is 0 Å². The molecule has 0 radical (unpaired) electrons. The van der Waals surface area contributed by atoms with Crippen molar-refractivity contribution in [3.8, 4) is 0 Å². The minimum absolute atomic E-state index is 0.0787. The molecular weight excluding hydrogens is 325 g/mol. The van der Waals surface area contributed by atoms with Gasteiger partial charge in [0.2, 0.25) is 0 Å². The minimum atomic E-state index is -0.782. The summed E-state index contributed by atoms with van der Waals surface area (Å²) >= 11 is 11.9. The number of hydrogen-bond donors (Lipinski definition) is 1. The van der Waals surface area contributed by atoms with Crippen LogP contribution in [0, 0.1) is 13.8 Å². The number of primary amides is 1. The van der Waals surface area contributed by atoms with Crippen LogP contribution >= 0.6 is 23.2 Å². The van der Waals surface area contributed by atoms with Crippen LogP contribution in [-0.2, 0) is 0 Å². The zero-order valence-corrected chi connectivity index (χ0v) is 13.4. The first-order valence-corrected chi connectivity index (χ1v) is 7.09. The van der Waals surface area contributed by atoms with Crippen molar-refractivity contribution in [2.45, 2.75) is 13.8 Å². The van der Waals surface area contributed by atoms with Crippen molar-refractivity contribution >= 4 is 35.3 Å². The second kappa shape index (κ2) is 6.34. The SMILES string of the molecule is Cc1cc(C)n(N=Cc2ccc(Cl)cc2Cl)c(=O)c1C(N)=O. The van der Waals surface area contributed by atoms with Gasteiger partial charge in [0.1, 0.15) is 5.56 Å². The highest BCUT2D eigenvalue weighted by Crippen LogP contribution is 2.19. The lowest BCUT2D eigenvalue weighted by Gasteiger charge is -2.08. The molecule has 7 heteroatoms. The Balaban J connectivity index is 2.54. The van der Waals surface area contributed by atoms with Gasteiger partial charge in [0, 0.05) is 16.3 Å². The molecule has 0 unspecified atom stereocenters. The summed E-state index contributed by atoms with van der Waals surface area (Å²) in [4.78, 5) is 23.7. The van der Waals surface area contributed by atoms with Crippen LogP contribution in [0.4, 0.5) is 0 Å². The van der Waals surface area contributed by atoms with E-state index in [1.54, 1.807) is 38.1 Å². The molecule has 0 atom stereocenters. The number of halogens is 2. The lowest BCUT2D eigenvalue weighted by atomic mass is 10.1. The molecule has 1 aromatic heterocycles. The Morgan fingerprint density at radius 1 is 1.27 bits per heavy atom. The lowest BCUT2D eigenvalue weighted by Crippen LogP contribution is -2.30. The maximum Gasteiger partial charge on any atom is 0.284 e. The number of aryl methyl sites for hydroxylation is 2. The van der Waals surface area contributed by atoms with Gasteiger partial charge in [-0.3, -0.25) is 9.59 Å². The van der Waals surface area contributed by atoms with Crippen molar-refractivity contribution in [1.29, 1.82) is 0 Å². The zero-order valence-electron chi connectivity index (χ0n) is 11.9. The van der Waals surface area contributed by atoms with Crippen LogP contribution in [0.15, 0.2) is 34.2 Å². The smallest absolute Gasteiger partial charge is 0.284 e. The first-order valence-electron chi connectivity index (χ1n) is 6.33. The number of nitrogens with two attached hydrogens (primary N) is 1. The molecule has 0 fully saturated rings. The van der Waals surface area contributed by atoms with Gasteiger partial charge in [0.15, 0.2) is 0 Å². The van der Waals surface area contributed by atoms with Crippen LogP contribution < -0.4 is 11.3 Å². The van der Waals surface area contributed by atoms with Gasteiger partial charge < -0.3 is 5.73 Å². The fourth-order valence-electron chi connectivity index (χ4n) is 2.05. The number of carbonyl (C=O) groups is 1. The largest absolute Gasteiger partial charge is 0.365 e. The molecule has 1 amide bonds. The van der Waals surface area contributed by atoms with Crippen molar-refractivity contribution in [3.63, 3.8) is 0 Å². The van der Waals surface area contributed by atoms with Crippen LogP contribution in [0.2, 0.25) is 10.0 Å². The molecular formula is C15H13Cl2N3O2. The third-order valence-electron chi connectivity index (χ3n) is 3.08. The highest BCUT2D eigenvalue weighted by atomic mass is 35.5. The molecule has 0 saturated heterocycles. The summed E-state index contributed by atoms with van der Waals surface area (Å²) in [6.07, 6.45) is 1.42. The highest BCUT2D eigenvalue weighted by Gasteiger charge is 2.14. The molecule has 5 nitrogen and oxygen atoms in total. The fourth-order valence-corrected chi connectivity index (χ4v) is 2.51. The van der Waals surface area contributed by atoms with Crippen LogP contribution in [0.1, 0.15) is 27.2 Å². The maximum absolute atomic E-state index is 12.3. The number of benzene rings is 1. The lowest BCUT2D eigenvalue weighted by molar-refractivity contribution is 0.0997. The average Bonchev–Trinajstić information content (AvgIpc) is 2.39. The third kappa shape index (κ3) is 3.21. The second-order valence-electron chi connectivity index (χ2n) is 4.74. The molecule has 22 heavy (non-hydrogen) atoms. The Labute approximate surface area is 137 Å². The van der Waals surface area contributed by atoms with E-state index in [9.17, 15) is 9.59 Å². The zero-order chi connectivity index (χ0) is 16.4. The number of aromatic nitrogens is 1. The van der Waals surface area contributed by atoms with Gasteiger partial charge in [-0.25, -0.2) is 4.68 Å². The Hall–Kier alpha value is -2.11. The molecule has 0 aliphatic heterocycles. The topological polar surface area (TPSA) is 77.4 Å². The van der Waals surface area contributed by atoms with Gasteiger partial charge in [-0.15, -0.1) is 0 Å². The first kappa shape index (κ1) is 16.3. The fraction of sp³-hybridized carbons (Fsp3) is 0.133. The average molecular weight is 338 g/mol. The van der Waals surface area contributed by atoms with Gasteiger partial charge in [0.25, 0.3) is 11.5 Å². The summed E-state index contributed by atoms with van der Waals surface area (Å²) in [6, 6.07) is 6.58. The number of amides is 1. The monoisotopic (exact) mass is 337 g/mol. The van der Waals surface area contributed by atoms with Crippen molar-refractivity contribution < 1.29 is 4.79 Å². The molecule has 2 rings (SSSR count). The van der Waals surface area contributed by atoms with E-state index in [1.807, 2.05) is 0 Å². The molecule has 0 aliphatic carbocycles. The highest BCUT2D eigenvalue weighted by molar-refractivity contribution is 6.36. The van der Waals surface area contributed by atoms with Gasteiger partial charge >= 0.3 is 0 Å². The molecule has 2 N–H and O–H groups in total. The number of rotatable bonds is 3. The van der Waals surface area contributed by atoms with E-state index >= 15 is 0 Å². The van der Waals surface area contributed by atoms with Gasteiger partial charge in [0.05, 0.1) is 11.2 Å². The van der Waals surface area contributed by atoms with E-state index in [4.69, 9.17) is 28.9 Å². The van der Waals surface area contributed by atoms with Gasteiger partial charge in [-0.1, -0.05) is 29.3 Å². The van der Waals surface area contributed by atoms with Crippen molar-refractivity contribution in [1.82, 2.24) is 4.68 Å². The number of pyridine rings is 1. The summed E-state index contributed by atoms with van der Waals surface area (Å²) in [5.74, 6) is -0.782. The predicted molar refractivity (Wildman–Crippen MR) is 88.1 cm³/mol. The van der Waals surface area contributed by atoms with E-state index in [0.29, 0.717) is 26.9 Å². The molecule has 0 spiro atoms. The van der Waals surface area contributed by atoms with Crippen LogP contribution in [0.5, 0.6) is 0 Å². The Kier molecular flexibility index (Phi) is 4.68. The normalized spacial score (nSPS) is 11.1. The first-order chi connectivity index (χ1) is 10.3. The van der Waals surface area contributed by atoms with E-state index in [0.717, 1.165) is 4.68 Å². The van der Waals surface area contributed by atoms with Crippen molar-refractivity contribution in [2.75, 3.05) is 0 Å². The Bertz CT molecular complexity index is 841. The summed E-state index contributed by atoms with van der Waals surface area (Å²) in [7, 11) is 0. The third-order valence-corrected chi connectivity index (χ3v) is 3.64. The molecule has 0 aliphatic rings. The van der Waals surface area contributed by atoms with E-state index in [2.05, 4.69) is 5.10 Å². The second-order valence-corrected chi connectivity index (χ2v) is 5.58. The number of nitrogens with zero attached hydrogens (tertiary/aromatic N) is 2. The summed E-state index contributed by atoms with van der Waals surface area (Å²) in [5.41, 5.74) is 6.29. The summed E-state index contributed by atoms with van der Waals surface area (Å²) in [5, 5.41) is 5.00. The van der Waals surface area contributed by atoms with Crippen LogP contribution in [-0.4, -0.2) is 16.8 Å².